The minimum Gasteiger partial charge on any atom is -0.326 e. The van der Waals surface area contributed by atoms with Gasteiger partial charge < -0.3 is 10.6 Å². The molecule has 2 aliphatic heterocycles. The van der Waals surface area contributed by atoms with Crippen LogP contribution in [0, 0.1) is 0 Å². The number of hydrogen-bond donors (Lipinski definition) is 3. The number of carbonyl (C=O) groups excluding carboxylic acids is 2. The second-order valence-electron chi connectivity index (χ2n) is 5.26. The molecular formula is C11H22N4O7S. The predicted molar refractivity (Wildman–Crippen MR) is 77.9 cm³/mol. The average Bonchev–Trinajstić information content (AvgIpc) is 2.62. The number of nitrogens with zero attached hydrogens (tertiary/aromatic N) is 2. The molecule has 0 aromatic carbocycles. The molecule has 0 radical (unpaired) electrons. The highest BCUT2D eigenvalue weighted by atomic mass is 32.3. The summed E-state index contributed by atoms with van der Waals surface area (Å²) in [6.45, 7) is 1.94. The van der Waals surface area contributed by atoms with E-state index in [1.54, 1.807) is 6.92 Å². The van der Waals surface area contributed by atoms with Crippen LogP contribution in [0.1, 0.15) is 27.2 Å². The van der Waals surface area contributed by atoms with E-state index in [1.165, 1.54) is 4.90 Å². The summed E-state index contributed by atoms with van der Waals surface area (Å²) in [6.07, 6.45) is 0.665. The zero-order valence-electron chi connectivity index (χ0n) is 11.8. The number of hydrogen-bond acceptors (Lipinski definition) is 7. The van der Waals surface area contributed by atoms with Crippen molar-refractivity contribution in [1.29, 1.82) is 0 Å². The molecule has 12 heteroatoms. The number of hydroxylamine groups is 3. The minimum atomic E-state index is -4.80. The van der Waals surface area contributed by atoms with E-state index in [9.17, 15) is 18.0 Å². The first-order valence-electron chi connectivity index (χ1n) is 6.63. The van der Waals surface area contributed by atoms with Gasteiger partial charge in [-0.25, -0.2) is 10.3 Å². The van der Waals surface area contributed by atoms with Gasteiger partial charge in [0.25, 0.3) is 5.91 Å². The van der Waals surface area contributed by atoms with Crippen molar-refractivity contribution in [2.75, 3.05) is 13.2 Å². The summed E-state index contributed by atoms with van der Waals surface area (Å²) < 4.78 is 34.4. The zero-order chi connectivity index (χ0) is 16.5. The van der Waals surface area contributed by atoms with E-state index < -0.39 is 34.4 Å². The SMILES string of the molecule is C.C[C@H](N)CONC(=O)[C@@H]1CC[C@@H]2CN1C(=O)N2OS(=O)(=O)O. The monoisotopic (exact) mass is 354 g/mol. The Balaban J connectivity index is 0.00000264. The number of amides is 3. The van der Waals surface area contributed by atoms with E-state index in [4.69, 9.17) is 15.1 Å². The third-order valence-corrected chi connectivity index (χ3v) is 3.67. The number of fused-ring (bicyclic) bond motifs is 2. The van der Waals surface area contributed by atoms with Gasteiger partial charge in [-0.1, -0.05) is 7.43 Å². The smallest absolute Gasteiger partial charge is 0.326 e. The van der Waals surface area contributed by atoms with Crippen LogP contribution in [0.4, 0.5) is 4.79 Å². The first-order chi connectivity index (χ1) is 10.2. The minimum absolute atomic E-state index is 0. The third-order valence-electron chi connectivity index (χ3n) is 3.32. The number of carbonyl (C=O) groups is 2. The molecule has 134 valence electrons. The normalized spacial score (nSPS) is 25.1. The summed E-state index contributed by atoms with van der Waals surface area (Å²) in [5.74, 6) is -0.527. The van der Waals surface area contributed by atoms with Crippen LogP contribution in [0.5, 0.6) is 0 Å². The van der Waals surface area contributed by atoms with Crippen LogP contribution < -0.4 is 11.2 Å². The highest BCUT2D eigenvalue weighted by molar-refractivity contribution is 7.80. The standard InChI is InChI=1S/C10H18N4O7S.CH4/c1-6(11)5-20-12-9(15)8-3-2-7-4-13(8)10(16)14(7)21-22(17,18)19;/h6-8H,2-5,11H2,1H3,(H,12,15)(H,17,18,19);1H4/t6-,7+,8-;/m0./s1. The molecule has 3 amide bonds. The molecule has 2 aliphatic rings. The van der Waals surface area contributed by atoms with Gasteiger partial charge in [0.05, 0.1) is 12.6 Å². The van der Waals surface area contributed by atoms with Crippen molar-refractivity contribution in [1.82, 2.24) is 15.4 Å². The van der Waals surface area contributed by atoms with Crippen molar-refractivity contribution in [2.45, 2.75) is 45.3 Å². The fraction of sp³-hybridized carbons (Fsp3) is 0.818. The summed E-state index contributed by atoms with van der Waals surface area (Å²) in [4.78, 5) is 30.2. The van der Waals surface area contributed by atoms with E-state index in [0.29, 0.717) is 17.9 Å². The second-order valence-corrected chi connectivity index (χ2v) is 6.27. The molecule has 2 heterocycles. The molecule has 23 heavy (non-hydrogen) atoms. The Morgan fingerprint density at radius 3 is 2.74 bits per heavy atom. The lowest BCUT2D eigenvalue weighted by molar-refractivity contribution is -0.139. The average molecular weight is 354 g/mol. The van der Waals surface area contributed by atoms with Crippen LogP contribution in [0.25, 0.3) is 0 Å². The van der Waals surface area contributed by atoms with Crippen molar-refractivity contribution in [3.05, 3.63) is 0 Å². The van der Waals surface area contributed by atoms with Crippen LogP contribution in [-0.2, 0) is 24.3 Å². The maximum Gasteiger partial charge on any atom is 0.418 e. The Hall–Kier alpha value is -1.47. The Bertz CT molecular complexity index is 553. The van der Waals surface area contributed by atoms with Gasteiger partial charge in [-0.3, -0.25) is 14.2 Å². The van der Waals surface area contributed by atoms with Gasteiger partial charge in [0, 0.05) is 12.6 Å². The highest BCUT2D eigenvalue weighted by Crippen LogP contribution is 2.30. The molecule has 0 spiro atoms. The van der Waals surface area contributed by atoms with Gasteiger partial charge in [0.2, 0.25) is 0 Å². The van der Waals surface area contributed by atoms with E-state index in [2.05, 4.69) is 9.76 Å². The van der Waals surface area contributed by atoms with Gasteiger partial charge in [-0.05, 0) is 19.8 Å². The van der Waals surface area contributed by atoms with Crippen LogP contribution in [0.15, 0.2) is 0 Å². The van der Waals surface area contributed by atoms with E-state index in [-0.39, 0.29) is 26.6 Å². The molecule has 2 bridgehead atoms. The van der Waals surface area contributed by atoms with E-state index in [1.807, 2.05) is 0 Å². The lowest BCUT2D eigenvalue weighted by atomic mass is 10.0. The second kappa shape index (κ2) is 7.40. The Kier molecular flexibility index (Phi) is 6.30. The van der Waals surface area contributed by atoms with Gasteiger partial charge in [-0.2, -0.15) is 13.5 Å². The molecule has 2 fully saturated rings. The summed E-state index contributed by atoms with van der Waals surface area (Å²) in [5, 5.41) is 0.575. The number of rotatable bonds is 6. The largest absolute Gasteiger partial charge is 0.418 e. The summed E-state index contributed by atoms with van der Waals surface area (Å²) in [5.41, 5.74) is 7.68. The van der Waals surface area contributed by atoms with Crippen molar-refractivity contribution in [2.24, 2.45) is 5.73 Å². The van der Waals surface area contributed by atoms with Gasteiger partial charge in [-0.15, -0.1) is 4.28 Å². The molecule has 0 aliphatic carbocycles. The predicted octanol–water partition coefficient (Wildman–Crippen LogP) is -0.979. The maximum atomic E-state index is 12.1. The molecule has 11 nitrogen and oxygen atoms in total. The summed E-state index contributed by atoms with van der Waals surface area (Å²) >= 11 is 0. The molecule has 0 aromatic heterocycles. The Morgan fingerprint density at radius 1 is 1.52 bits per heavy atom. The highest BCUT2D eigenvalue weighted by Gasteiger charge is 2.49. The molecule has 0 aromatic rings. The van der Waals surface area contributed by atoms with Crippen LogP contribution >= 0.6 is 0 Å². The van der Waals surface area contributed by atoms with Crippen LogP contribution in [-0.4, -0.2) is 66.1 Å². The lowest BCUT2D eigenvalue weighted by Gasteiger charge is -2.28. The first kappa shape index (κ1) is 19.6. The number of nitrogens with one attached hydrogen (secondary N) is 1. The summed E-state index contributed by atoms with van der Waals surface area (Å²) in [7, 11) is -4.80. The summed E-state index contributed by atoms with van der Waals surface area (Å²) in [6, 6.07) is -2.40. The van der Waals surface area contributed by atoms with Crippen molar-refractivity contribution < 1.29 is 31.7 Å². The topological polar surface area (TPSA) is 151 Å². The third kappa shape index (κ3) is 4.75. The molecule has 0 unspecified atom stereocenters. The number of piperidine rings is 1. The van der Waals surface area contributed by atoms with Gasteiger partial charge in [0.15, 0.2) is 0 Å². The van der Waals surface area contributed by atoms with E-state index >= 15 is 0 Å². The van der Waals surface area contributed by atoms with Gasteiger partial charge >= 0.3 is 16.4 Å². The van der Waals surface area contributed by atoms with Crippen LogP contribution in [0.2, 0.25) is 0 Å². The lowest BCUT2D eigenvalue weighted by Crippen LogP contribution is -2.50. The molecule has 2 saturated heterocycles. The maximum absolute atomic E-state index is 12.1. The Morgan fingerprint density at radius 2 is 2.17 bits per heavy atom. The van der Waals surface area contributed by atoms with Crippen molar-refractivity contribution in [3.8, 4) is 0 Å². The molecular weight excluding hydrogens is 332 g/mol. The van der Waals surface area contributed by atoms with Crippen molar-refractivity contribution in [3.63, 3.8) is 0 Å². The molecule has 2 rings (SSSR count). The van der Waals surface area contributed by atoms with Crippen LogP contribution in [0.3, 0.4) is 0 Å². The van der Waals surface area contributed by atoms with Crippen molar-refractivity contribution >= 4 is 22.3 Å². The number of nitrogens with two attached hydrogens (primary N) is 1. The van der Waals surface area contributed by atoms with Gasteiger partial charge in [0.1, 0.15) is 6.04 Å². The zero-order valence-corrected chi connectivity index (χ0v) is 12.7. The number of urea groups is 1. The fourth-order valence-corrected chi connectivity index (χ4v) is 2.80. The molecule has 3 atom stereocenters. The molecule has 0 saturated carbocycles. The Labute approximate surface area is 134 Å². The fourth-order valence-electron chi connectivity index (χ4n) is 2.42. The van der Waals surface area contributed by atoms with E-state index in [0.717, 1.165) is 0 Å². The quantitative estimate of drug-likeness (QED) is 0.406. The molecule has 4 N–H and O–H groups in total. The first-order valence-corrected chi connectivity index (χ1v) is 7.99.